The maximum Gasteiger partial charge on any atom is 0.343 e. The van der Waals surface area contributed by atoms with Gasteiger partial charge in [0.05, 0.1) is 6.04 Å². The molecule has 0 saturated heterocycles. The Hall–Kier alpha value is -1.28. The molecule has 0 aromatic carbocycles. The fourth-order valence-corrected chi connectivity index (χ4v) is 2.49. The SMILES string of the molecule is CCCNC(CSc1n[nH]c(=O)n1CC)C(N)=O. The molecule has 1 heterocycles. The highest BCUT2D eigenvalue weighted by atomic mass is 32.2. The van der Waals surface area contributed by atoms with Crippen LogP contribution in [0.4, 0.5) is 0 Å². The molecule has 1 aromatic heterocycles. The van der Waals surface area contributed by atoms with Gasteiger partial charge in [-0.3, -0.25) is 9.36 Å². The van der Waals surface area contributed by atoms with E-state index in [1.54, 1.807) is 0 Å². The van der Waals surface area contributed by atoms with E-state index in [0.29, 0.717) is 17.5 Å². The third-order valence-electron chi connectivity index (χ3n) is 2.40. The minimum Gasteiger partial charge on any atom is -0.368 e. The molecule has 7 nitrogen and oxygen atoms in total. The molecule has 0 aliphatic carbocycles. The number of primary amides is 1. The first kappa shape index (κ1) is 14.8. The number of nitrogens with one attached hydrogen (secondary N) is 2. The van der Waals surface area contributed by atoms with Gasteiger partial charge in [-0.15, -0.1) is 5.10 Å². The third-order valence-corrected chi connectivity index (χ3v) is 3.47. The first-order valence-corrected chi connectivity index (χ1v) is 6.89. The Labute approximate surface area is 110 Å². The minimum absolute atomic E-state index is 0.239. The lowest BCUT2D eigenvalue weighted by molar-refractivity contribution is -0.119. The van der Waals surface area contributed by atoms with Crippen molar-refractivity contribution in [2.24, 2.45) is 5.73 Å². The average molecular weight is 273 g/mol. The van der Waals surface area contributed by atoms with Gasteiger partial charge in [0, 0.05) is 12.3 Å². The Bertz CT molecular complexity index is 442. The number of aromatic amines is 1. The zero-order valence-corrected chi connectivity index (χ0v) is 11.4. The number of hydrogen-bond acceptors (Lipinski definition) is 5. The van der Waals surface area contributed by atoms with Crippen molar-refractivity contribution in [2.45, 2.75) is 38.0 Å². The number of nitrogens with zero attached hydrogens (tertiary/aromatic N) is 2. The molecular weight excluding hydrogens is 254 g/mol. The summed E-state index contributed by atoms with van der Waals surface area (Å²) < 4.78 is 1.52. The van der Waals surface area contributed by atoms with Crippen molar-refractivity contribution in [3.05, 3.63) is 10.5 Å². The van der Waals surface area contributed by atoms with Crippen molar-refractivity contribution in [2.75, 3.05) is 12.3 Å². The molecule has 0 radical (unpaired) electrons. The summed E-state index contributed by atoms with van der Waals surface area (Å²) in [6.45, 7) is 5.15. The number of amides is 1. The summed E-state index contributed by atoms with van der Waals surface area (Å²) in [7, 11) is 0. The molecule has 1 amide bonds. The molecule has 8 heteroatoms. The number of nitrogens with two attached hydrogens (primary N) is 1. The van der Waals surface area contributed by atoms with Gasteiger partial charge in [-0.1, -0.05) is 18.7 Å². The second kappa shape index (κ2) is 7.22. The topological polar surface area (TPSA) is 106 Å². The predicted octanol–water partition coefficient (Wildman–Crippen LogP) is -0.463. The predicted molar refractivity (Wildman–Crippen MR) is 70.5 cm³/mol. The Balaban J connectivity index is 2.61. The third kappa shape index (κ3) is 3.88. The molecule has 0 bridgehead atoms. The van der Waals surface area contributed by atoms with Crippen molar-refractivity contribution in [1.29, 1.82) is 0 Å². The van der Waals surface area contributed by atoms with Gasteiger partial charge >= 0.3 is 5.69 Å². The van der Waals surface area contributed by atoms with Crippen LogP contribution in [0.25, 0.3) is 0 Å². The molecule has 1 unspecified atom stereocenters. The summed E-state index contributed by atoms with van der Waals surface area (Å²) in [4.78, 5) is 22.6. The summed E-state index contributed by atoms with van der Waals surface area (Å²) in [6, 6.07) is -0.410. The maximum atomic E-state index is 11.3. The van der Waals surface area contributed by atoms with E-state index in [0.717, 1.165) is 13.0 Å². The van der Waals surface area contributed by atoms with E-state index in [2.05, 4.69) is 15.5 Å². The lowest BCUT2D eigenvalue weighted by Crippen LogP contribution is -2.43. The Morgan fingerprint density at radius 1 is 1.61 bits per heavy atom. The lowest BCUT2D eigenvalue weighted by atomic mass is 10.3. The van der Waals surface area contributed by atoms with Crippen LogP contribution in [-0.4, -0.2) is 39.0 Å². The lowest BCUT2D eigenvalue weighted by Gasteiger charge is -2.13. The highest BCUT2D eigenvalue weighted by Crippen LogP contribution is 2.14. The van der Waals surface area contributed by atoms with E-state index in [1.165, 1.54) is 16.3 Å². The zero-order chi connectivity index (χ0) is 13.5. The summed E-state index contributed by atoms with van der Waals surface area (Å²) in [6.07, 6.45) is 0.927. The molecule has 4 N–H and O–H groups in total. The second-order valence-electron chi connectivity index (χ2n) is 3.78. The van der Waals surface area contributed by atoms with Gasteiger partial charge in [0.2, 0.25) is 5.91 Å². The fraction of sp³-hybridized carbons (Fsp3) is 0.700. The molecule has 0 saturated carbocycles. The van der Waals surface area contributed by atoms with Crippen molar-refractivity contribution >= 4 is 17.7 Å². The molecule has 0 fully saturated rings. The largest absolute Gasteiger partial charge is 0.368 e. The van der Waals surface area contributed by atoms with Crippen LogP contribution in [0, 0.1) is 0 Å². The van der Waals surface area contributed by atoms with E-state index in [4.69, 9.17) is 5.73 Å². The van der Waals surface area contributed by atoms with E-state index >= 15 is 0 Å². The Morgan fingerprint density at radius 3 is 2.89 bits per heavy atom. The van der Waals surface area contributed by atoms with Crippen molar-refractivity contribution in [3.8, 4) is 0 Å². The van der Waals surface area contributed by atoms with Gasteiger partial charge in [0.1, 0.15) is 0 Å². The van der Waals surface area contributed by atoms with E-state index < -0.39 is 11.9 Å². The van der Waals surface area contributed by atoms with E-state index in [-0.39, 0.29) is 5.69 Å². The average Bonchev–Trinajstić information content (AvgIpc) is 2.69. The minimum atomic E-state index is -0.410. The number of thioether (sulfide) groups is 1. The first-order chi connectivity index (χ1) is 8.60. The van der Waals surface area contributed by atoms with Crippen LogP contribution in [0.5, 0.6) is 0 Å². The quantitative estimate of drug-likeness (QED) is 0.556. The van der Waals surface area contributed by atoms with Gasteiger partial charge in [0.25, 0.3) is 0 Å². The molecule has 0 spiro atoms. The highest BCUT2D eigenvalue weighted by Gasteiger charge is 2.16. The van der Waals surface area contributed by atoms with Gasteiger partial charge < -0.3 is 11.1 Å². The monoisotopic (exact) mass is 273 g/mol. The summed E-state index contributed by atoms with van der Waals surface area (Å²) >= 11 is 1.34. The molecule has 18 heavy (non-hydrogen) atoms. The summed E-state index contributed by atoms with van der Waals surface area (Å²) in [5.41, 5.74) is 5.07. The first-order valence-electron chi connectivity index (χ1n) is 5.90. The van der Waals surface area contributed by atoms with Gasteiger partial charge in [0.15, 0.2) is 5.16 Å². The number of carbonyl (C=O) groups is 1. The van der Waals surface area contributed by atoms with Crippen LogP contribution < -0.4 is 16.7 Å². The molecule has 0 aliphatic rings. The number of hydrogen-bond donors (Lipinski definition) is 3. The van der Waals surface area contributed by atoms with Gasteiger partial charge in [-0.25, -0.2) is 9.89 Å². The van der Waals surface area contributed by atoms with E-state index in [1.807, 2.05) is 13.8 Å². The van der Waals surface area contributed by atoms with Gasteiger partial charge in [-0.2, -0.15) is 0 Å². The normalized spacial score (nSPS) is 12.6. The van der Waals surface area contributed by atoms with Crippen LogP contribution in [0.1, 0.15) is 20.3 Å². The van der Waals surface area contributed by atoms with Crippen molar-refractivity contribution < 1.29 is 4.79 Å². The molecule has 0 aliphatic heterocycles. The van der Waals surface area contributed by atoms with Crippen molar-refractivity contribution in [3.63, 3.8) is 0 Å². The number of aromatic nitrogens is 3. The van der Waals surface area contributed by atoms with Crippen LogP contribution in [0.2, 0.25) is 0 Å². The van der Waals surface area contributed by atoms with Crippen LogP contribution in [0.15, 0.2) is 9.95 Å². The molecule has 102 valence electrons. The molecule has 1 atom stereocenters. The smallest absolute Gasteiger partial charge is 0.343 e. The number of H-pyrrole nitrogens is 1. The van der Waals surface area contributed by atoms with Gasteiger partial charge in [-0.05, 0) is 19.9 Å². The zero-order valence-electron chi connectivity index (χ0n) is 10.6. The van der Waals surface area contributed by atoms with Crippen LogP contribution in [0.3, 0.4) is 0 Å². The molecule has 1 rings (SSSR count). The number of carbonyl (C=O) groups excluding carboxylic acids is 1. The standard InChI is InChI=1S/C10H19N5O2S/c1-3-5-12-7(8(11)16)6-18-10-14-13-9(17)15(10)4-2/h7,12H,3-6H2,1-2H3,(H2,11,16)(H,13,17). The van der Waals surface area contributed by atoms with Crippen molar-refractivity contribution in [1.82, 2.24) is 20.1 Å². The van der Waals surface area contributed by atoms with E-state index in [9.17, 15) is 9.59 Å². The molecule has 1 aromatic rings. The fourth-order valence-electron chi connectivity index (χ4n) is 1.41. The summed E-state index contributed by atoms with van der Waals surface area (Å²) in [5, 5.41) is 9.93. The number of rotatable bonds is 8. The van der Waals surface area contributed by atoms with Crippen LogP contribution >= 0.6 is 11.8 Å². The molecular formula is C10H19N5O2S. The van der Waals surface area contributed by atoms with Crippen LogP contribution in [-0.2, 0) is 11.3 Å². The second-order valence-corrected chi connectivity index (χ2v) is 4.76. The maximum absolute atomic E-state index is 11.3. The Kier molecular flexibility index (Phi) is 5.93. The summed E-state index contributed by atoms with van der Waals surface area (Å²) in [5.74, 6) is 0.0662. The Morgan fingerprint density at radius 2 is 2.33 bits per heavy atom. The highest BCUT2D eigenvalue weighted by molar-refractivity contribution is 7.99.